The summed E-state index contributed by atoms with van der Waals surface area (Å²) in [4.78, 5) is 139. The predicted octanol–water partition coefficient (Wildman–Crippen LogP) is 6.26. The number of phosphoric acid groups is 3. The number of carboxylic acid groups (broad SMARTS) is 1. The Morgan fingerprint density at radius 3 is 1.89 bits per heavy atom. The van der Waals surface area contributed by atoms with Gasteiger partial charge in [-0.3, -0.25) is 47.4 Å². The van der Waals surface area contributed by atoms with Gasteiger partial charge in [-0.2, -0.15) is 4.98 Å². The zero-order valence-electron chi connectivity index (χ0n) is 79.4. The molecular formula is C89H122N15O35P3-4. The SMILES string of the molecule is CCN=c1cc2oc3cc(NCC)c(C)cc3c(-c3cc(OCCCC(=O)NCCOCCCCCOCCOCCOCCOCCOCCOCCOCCOCCOCCOCCC(=O)NCCNC(=O)c4cccc(OCC(N=[N+]=[N-])OCCOCC(=O)CCC#Cc5cn(C6CC(OCN=[N+]=[N-])C(COP(=O)([O-])OP(=O)([O-])OP(=O)([O-])[O-])O6)c6nc(N)[nH]c(=O)c56)c4)ccc3C(=O)O)c-2cc1C. The number of aromatic carboxylic acids is 1. The fraction of sp³-hybridized carbons (Fsp3) is 0.573. The zero-order valence-corrected chi connectivity index (χ0v) is 82.1. The molecule has 8 rings (SSSR count). The summed E-state index contributed by atoms with van der Waals surface area (Å²) in [6, 6.07) is 19.0. The topological polar surface area (TPSA) is 681 Å². The largest absolute Gasteiger partial charge is 0.790 e. The monoisotopic (exact) mass is 2050 g/mol. The zero-order chi connectivity index (χ0) is 102. The van der Waals surface area contributed by atoms with E-state index in [4.69, 9.17) is 102 Å². The van der Waals surface area contributed by atoms with Crippen molar-refractivity contribution in [3.05, 3.63) is 137 Å². The van der Waals surface area contributed by atoms with Crippen LogP contribution in [0.3, 0.4) is 0 Å². The number of rotatable bonds is 76. The smallest absolute Gasteiger partial charge is 0.336 e. The number of hydrogen-bond donors (Lipinski definition) is 7. The number of aryl methyl sites for hydroxylation is 2. The Morgan fingerprint density at radius 2 is 1.27 bits per heavy atom. The quantitative estimate of drug-likeness (QED) is 0.00420. The molecule has 6 atom stereocenters. The lowest BCUT2D eigenvalue weighted by Gasteiger charge is -2.37. The van der Waals surface area contributed by atoms with Crippen LogP contribution in [0.25, 0.3) is 65.3 Å². The molecule has 8 N–H and O–H groups in total. The van der Waals surface area contributed by atoms with Crippen LogP contribution in [-0.4, -0.2) is 292 Å². The van der Waals surface area contributed by atoms with E-state index in [0.717, 1.165) is 64.5 Å². The van der Waals surface area contributed by atoms with Crippen molar-refractivity contribution < 1.29 is 160 Å². The van der Waals surface area contributed by atoms with Crippen LogP contribution in [0.1, 0.15) is 115 Å². The number of carboxylic acids is 1. The van der Waals surface area contributed by atoms with Crippen LogP contribution >= 0.6 is 23.5 Å². The maximum absolute atomic E-state index is 13.2. The molecule has 5 aromatic rings. The number of anilines is 2. The summed E-state index contributed by atoms with van der Waals surface area (Å²) in [7, 11) is -18.5. The number of nitrogens with two attached hydrogens (primary N) is 1. The minimum atomic E-state index is -6.30. The summed E-state index contributed by atoms with van der Waals surface area (Å²) in [5.74, 6) is 4.27. The van der Waals surface area contributed by atoms with E-state index in [1.807, 2.05) is 52.0 Å². The van der Waals surface area contributed by atoms with Crippen molar-refractivity contribution in [2.75, 3.05) is 235 Å². The molecule has 0 radical (unpaired) electrons. The van der Waals surface area contributed by atoms with Crippen molar-refractivity contribution in [2.24, 2.45) is 15.2 Å². The van der Waals surface area contributed by atoms with Crippen LogP contribution in [0, 0.1) is 25.7 Å². The van der Waals surface area contributed by atoms with E-state index in [2.05, 4.69) is 81.3 Å². The van der Waals surface area contributed by atoms with Gasteiger partial charge in [0.05, 0.1) is 194 Å². The van der Waals surface area contributed by atoms with Gasteiger partial charge in [-0.05, 0) is 124 Å². The first kappa shape index (κ1) is 117. The molecule has 3 aromatic carbocycles. The van der Waals surface area contributed by atoms with E-state index >= 15 is 0 Å². The van der Waals surface area contributed by atoms with Crippen LogP contribution in [-0.2, 0) is 112 Å². The van der Waals surface area contributed by atoms with E-state index in [1.165, 1.54) is 16.8 Å². The number of carbonyl (C=O) groups is 5. The molecule has 3 amide bonds. The van der Waals surface area contributed by atoms with Crippen molar-refractivity contribution in [3.63, 3.8) is 0 Å². The summed E-state index contributed by atoms with van der Waals surface area (Å²) in [5, 5.41) is 30.5. The molecule has 1 aliphatic carbocycles. The molecule has 142 heavy (non-hydrogen) atoms. The number of ether oxygens (including phenoxy) is 17. The van der Waals surface area contributed by atoms with Gasteiger partial charge in [0.15, 0.2) is 17.7 Å². The highest BCUT2D eigenvalue weighted by molar-refractivity contribution is 7.64. The van der Waals surface area contributed by atoms with Crippen molar-refractivity contribution in [1.82, 2.24) is 30.5 Å². The Labute approximate surface area is 817 Å². The highest BCUT2D eigenvalue weighted by Gasteiger charge is 2.40. The average molecular weight is 2050 g/mol. The first-order valence-electron chi connectivity index (χ1n) is 45.9. The van der Waals surface area contributed by atoms with Crippen molar-refractivity contribution >= 4 is 86.6 Å². The number of nitrogens with zero attached hydrogens (tertiary/aromatic N) is 9. The van der Waals surface area contributed by atoms with Crippen molar-refractivity contribution in [3.8, 4) is 45.8 Å². The summed E-state index contributed by atoms with van der Waals surface area (Å²) in [6.07, 6.45) is -0.433. The maximum atomic E-state index is 13.2. The molecule has 1 fully saturated rings. The van der Waals surface area contributed by atoms with Crippen molar-refractivity contribution in [1.29, 1.82) is 0 Å². The van der Waals surface area contributed by atoms with Gasteiger partial charge in [-0.1, -0.05) is 28.1 Å². The molecule has 2 aliphatic heterocycles. The van der Waals surface area contributed by atoms with Crippen LogP contribution in [0.4, 0.5) is 11.6 Å². The summed E-state index contributed by atoms with van der Waals surface area (Å²) in [6.45, 7) is 16.7. The number of fused-ring (bicyclic) bond motifs is 3. The van der Waals surface area contributed by atoms with Crippen LogP contribution < -0.4 is 67.0 Å². The molecule has 50 nitrogen and oxygen atoms in total. The normalized spacial score (nSPS) is 14.8. The second-order valence-corrected chi connectivity index (χ2v) is 35.1. The number of azide groups is 2. The van der Waals surface area contributed by atoms with Crippen LogP contribution in [0.2, 0.25) is 0 Å². The Balaban J connectivity index is 0.528. The molecule has 4 heterocycles. The van der Waals surface area contributed by atoms with E-state index in [1.54, 1.807) is 36.4 Å². The lowest BCUT2D eigenvalue weighted by Crippen LogP contribution is -2.35. The summed E-state index contributed by atoms with van der Waals surface area (Å²) in [5.41, 5.74) is 28.8. The molecule has 2 aromatic heterocycles. The van der Waals surface area contributed by atoms with Gasteiger partial charge in [-0.15, -0.1) is 0 Å². The third-order valence-electron chi connectivity index (χ3n) is 20.2. The molecule has 0 saturated carbocycles. The van der Waals surface area contributed by atoms with Gasteiger partial charge in [0.2, 0.25) is 17.8 Å². The number of benzene rings is 4. The number of phosphoric ester groups is 1. The van der Waals surface area contributed by atoms with Gasteiger partial charge in [0.1, 0.15) is 55.1 Å². The number of nitrogen functional groups attached to an aromatic ring is 1. The van der Waals surface area contributed by atoms with Gasteiger partial charge >= 0.3 is 5.97 Å². The first-order valence-corrected chi connectivity index (χ1v) is 50.3. The van der Waals surface area contributed by atoms with Crippen LogP contribution in [0.5, 0.6) is 11.5 Å². The fourth-order valence-corrected chi connectivity index (χ4v) is 16.6. The number of hydrogen-bond acceptors (Lipinski definition) is 40. The third-order valence-corrected chi connectivity index (χ3v) is 23.9. The number of nitrogens with one attached hydrogen (secondary N) is 5. The number of amides is 3. The summed E-state index contributed by atoms with van der Waals surface area (Å²) >= 11 is 0. The van der Waals surface area contributed by atoms with E-state index in [9.17, 15) is 67.1 Å². The minimum absolute atomic E-state index is 0.0279. The van der Waals surface area contributed by atoms with E-state index < -0.39 is 78.9 Å². The molecule has 782 valence electrons. The molecule has 53 heteroatoms. The van der Waals surface area contributed by atoms with Gasteiger partial charge in [-0.25, -0.2) is 9.11 Å². The highest BCUT2D eigenvalue weighted by atomic mass is 31.3. The number of ketones is 1. The number of carbonyl (C=O) groups excluding carboxylic acids is 4. The van der Waals surface area contributed by atoms with E-state index in [-0.39, 0.29) is 148 Å². The molecule has 0 spiro atoms. The second-order valence-electron chi connectivity index (χ2n) is 30.8. The number of H-pyrrole nitrogens is 1. The maximum Gasteiger partial charge on any atom is 0.336 e. The number of unbranched alkanes of at least 4 members (excludes halogenated alkanes) is 2. The highest BCUT2D eigenvalue weighted by Crippen LogP contribution is 2.61. The Morgan fingerprint density at radius 1 is 0.655 bits per heavy atom. The molecule has 3 aliphatic rings. The Bertz CT molecular complexity index is 5550. The minimum Gasteiger partial charge on any atom is -0.790 e. The second kappa shape index (κ2) is 65.0. The average Bonchev–Trinajstić information content (AvgIpc) is 0.960. The predicted molar refractivity (Wildman–Crippen MR) is 501 cm³/mol. The van der Waals surface area contributed by atoms with Gasteiger partial charge in [0.25, 0.3) is 27.1 Å². The van der Waals surface area contributed by atoms with Crippen molar-refractivity contribution in [2.45, 2.75) is 110 Å². The lowest BCUT2D eigenvalue weighted by atomic mass is 9.89. The van der Waals surface area contributed by atoms with E-state index in [0.29, 0.717) is 174 Å². The summed E-state index contributed by atoms with van der Waals surface area (Å²) < 4.78 is 149. The lowest BCUT2D eigenvalue weighted by molar-refractivity contribution is -0.339. The molecule has 6 unspecified atom stereocenters. The van der Waals surface area contributed by atoms with Crippen LogP contribution in [0.15, 0.2) is 97.4 Å². The molecular weight excluding hydrogens is 1930 g/mol. The third kappa shape index (κ3) is 44.0. The Kier molecular flexibility index (Phi) is 53.4. The number of aromatic amines is 1. The Hall–Kier alpha value is -10.5. The van der Waals surface area contributed by atoms with Gasteiger partial charge in [0, 0.05) is 140 Å². The molecule has 1 saturated heterocycles. The number of aromatic nitrogens is 3. The first-order chi connectivity index (χ1) is 68.6. The van der Waals surface area contributed by atoms with Gasteiger partial charge < -0.3 is 150 Å². The standard InChI is InChI=1S/C89H126N15O35P3/c1-5-93-73-54-75-71(50-62(73)3)84(72-51-63(4)74(94-6-2)55-76(72)136-75)70-53-68(19-20-69(70)88(110)111)131-27-13-18-79(106)96-24-29-119-25-10-7-11-26-120-30-32-122-34-36-124-38-40-126-42-44-128-46-47-129-45-43-127-41-39-125-37-35-123-33-31-121-28-21-80(107)95-22-23-97-86(108)64-15-12-17-67(52-64)133-60-81(101-103-92)132-49-48-130-58-66(105)16-9-8-14-65-57-104(85-83(65)87(109)100-89(90)99-85)82-56-77(134-61-98-102-91)78(137-82)59-135-141(115,116)139-142(117,118)138-140(112,113)114/h12,15,17,19-20,50-55,57,77-78,81-82,93H,5-7,9-11,13,16,18,21-49,56,58-61H2,1-4H3,(H,95,107)(H,96,106)(H,97,108)(H,110,111)(H,115,116)(H,117,118)(H2,112,113,114)(H3,90,99,100,109)/p-4. The molecule has 0 bridgehead atoms. The number of Topliss-reactive ketones (excluding diaryl/α,β-unsaturated/α-hetero) is 1. The fourth-order valence-electron chi connectivity index (χ4n) is 13.7.